The summed E-state index contributed by atoms with van der Waals surface area (Å²) in [5.74, 6) is 3.71. The molecule has 1 unspecified atom stereocenters. The fourth-order valence-electron chi connectivity index (χ4n) is 1.74. The minimum atomic E-state index is 0.109. The number of thioether (sulfide) groups is 2. The van der Waals surface area contributed by atoms with Crippen molar-refractivity contribution in [3.05, 3.63) is 29.8 Å². The number of hydrogen-bond donors (Lipinski definition) is 2. The van der Waals surface area contributed by atoms with E-state index in [1.807, 2.05) is 47.8 Å². The molecule has 18 heavy (non-hydrogen) atoms. The monoisotopic (exact) mass is 299 g/mol. The van der Waals surface area contributed by atoms with E-state index >= 15 is 0 Å². The van der Waals surface area contributed by atoms with Crippen molar-refractivity contribution in [2.45, 2.75) is 16.6 Å². The average Bonchev–Trinajstić information content (AvgIpc) is 2.40. The molecule has 0 aliphatic carbocycles. The molecule has 1 aliphatic rings. The number of carbonyl (C=O) groups excluding carboxylic acids is 1. The minimum Gasteiger partial charge on any atom is -0.355 e. The van der Waals surface area contributed by atoms with Crippen molar-refractivity contribution in [2.75, 3.05) is 23.8 Å². The summed E-state index contributed by atoms with van der Waals surface area (Å²) in [5, 5.41) is 3.60. The molecule has 1 heterocycles. The third-order valence-corrected chi connectivity index (χ3v) is 5.86. The van der Waals surface area contributed by atoms with Crippen molar-refractivity contribution in [1.29, 1.82) is 0 Å². The molecule has 0 radical (unpaired) electrons. The first-order valence-electron chi connectivity index (χ1n) is 5.98. The first kappa shape index (κ1) is 14.2. The van der Waals surface area contributed by atoms with Crippen molar-refractivity contribution < 1.29 is 4.79 Å². The lowest BCUT2D eigenvalue weighted by atomic mass is 10.1. The zero-order valence-corrected chi connectivity index (χ0v) is 12.6. The van der Waals surface area contributed by atoms with Crippen molar-refractivity contribution >= 4 is 42.1 Å². The topological polar surface area (TPSA) is 29.1 Å². The van der Waals surface area contributed by atoms with Crippen LogP contribution in [-0.4, -0.2) is 35.0 Å². The van der Waals surface area contributed by atoms with Crippen molar-refractivity contribution in [3.63, 3.8) is 0 Å². The Kier molecular flexibility index (Phi) is 5.79. The van der Waals surface area contributed by atoms with Crippen molar-refractivity contribution in [2.24, 2.45) is 0 Å². The number of nitrogens with one attached hydrogen (secondary N) is 1. The maximum absolute atomic E-state index is 11.8. The summed E-state index contributed by atoms with van der Waals surface area (Å²) < 4.78 is 0. The second-order valence-corrected chi connectivity index (χ2v) is 7.29. The molecule has 0 saturated carbocycles. The lowest BCUT2D eigenvalue weighted by molar-refractivity contribution is -0.120. The predicted molar refractivity (Wildman–Crippen MR) is 84.0 cm³/mol. The van der Waals surface area contributed by atoms with Crippen LogP contribution < -0.4 is 5.32 Å². The van der Waals surface area contributed by atoms with Crippen molar-refractivity contribution in [3.8, 4) is 0 Å². The Morgan fingerprint density at radius 1 is 1.33 bits per heavy atom. The Balaban J connectivity index is 1.73. The molecule has 1 N–H and O–H groups in total. The van der Waals surface area contributed by atoms with Crippen LogP contribution in [-0.2, 0) is 11.2 Å². The van der Waals surface area contributed by atoms with Crippen LogP contribution >= 0.6 is 36.2 Å². The van der Waals surface area contributed by atoms with Crippen LogP contribution in [0.25, 0.3) is 0 Å². The molecule has 0 aromatic heterocycles. The summed E-state index contributed by atoms with van der Waals surface area (Å²) in [5.41, 5.74) is 1.04. The molecule has 1 aromatic rings. The summed E-state index contributed by atoms with van der Waals surface area (Å²) in [7, 11) is 0. The Hall–Kier alpha value is -0.260. The summed E-state index contributed by atoms with van der Waals surface area (Å²) in [6.07, 6.45) is 0.457. The maximum Gasteiger partial charge on any atom is 0.224 e. The van der Waals surface area contributed by atoms with Gasteiger partial charge in [0.1, 0.15) is 0 Å². The highest BCUT2D eigenvalue weighted by molar-refractivity contribution is 8.06. The molecular formula is C13H17NOS3. The second-order valence-electron chi connectivity index (χ2n) is 4.22. The lowest BCUT2D eigenvalue weighted by Gasteiger charge is -2.21. The smallest absolute Gasteiger partial charge is 0.224 e. The molecule has 98 valence electrons. The lowest BCUT2D eigenvalue weighted by Crippen LogP contribution is -2.34. The third kappa shape index (κ3) is 4.78. The van der Waals surface area contributed by atoms with Crippen LogP contribution in [0.4, 0.5) is 0 Å². The van der Waals surface area contributed by atoms with E-state index < -0.39 is 0 Å². The van der Waals surface area contributed by atoms with Gasteiger partial charge in [0.15, 0.2) is 0 Å². The quantitative estimate of drug-likeness (QED) is 0.837. The van der Waals surface area contributed by atoms with Crippen LogP contribution in [0.5, 0.6) is 0 Å². The largest absolute Gasteiger partial charge is 0.355 e. The molecule has 2 nitrogen and oxygen atoms in total. The van der Waals surface area contributed by atoms with Gasteiger partial charge >= 0.3 is 0 Å². The van der Waals surface area contributed by atoms with Gasteiger partial charge in [-0.2, -0.15) is 23.5 Å². The Labute approximate surface area is 122 Å². The molecule has 0 spiro atoms. The zero-order chi connectivity index (χ0) is 12.8. The fraction of sp³-hybridized carbons (Fsp3) is 0.462. The molecule has 2 rings (SSSR count). The van der Waals surface area contributed by atoms with E-state index in [9.17, 15) is 4.79 Å². The van der Waals surface area contributed by atoms with Gasteiger partial charge in [-0.25, -0.2) is 0 Å². The molecule has 1 atom stereocenters. The molecule has 1 fully saturated rings. The van der Waals surface area contributed by atoms with Crippen molar-refractivity contribution in [1.82, 2.24) is 5.32 Å². The Morgan fingerprint density at radius 2 is 2.11 bits per heavy atom. The Bertz CT molecular complexity index is 388. The van der Waals surface area contributed by atoms with Crippen LogP contribution in [0.3, 0.4) is 0 Å². The van der Waals surface area contributed by atoms with Crippen LogP contribution in [0.15, 0.2) is 29.2 Å². The van der Waals surface area contributed by atoms with Crippen LogP contribution in [0.1, 0.15) is 5.56 Å². The average molecular weight is 299 g/mol. The number of rotatable bonds is 4. The summed E-state index contributed by atoms with van der Waals surface area (Å²) in [4.78, 5) is 12.7. The summed E-state index contributed by atoms with van der Waals surface area (Å²) in [6.45, 7) is 0.793. The number of carbonyl (C=O) groups is 1. The van der Waals surface area contributed by atoms with E-state index in [4.69, 9.17) is 0 Å². The van der Waals surface area contributed by atoms with E-state index in [0.717, 1.165) is 22.8 Å². The van der Waals surface area contributed by atoms with Gasteiger partial charge in [-0.3, -0.25) is 4.79 Å². The number of amides is 1. The highest BCUT2D eigenvalue weighted by Crippen LogP contribution is 2.23. The highest BCUT2D eigenvalue weighted by Gasteiger charge is 2.15. The SMILES string of the molecule is O=C(Cc1ccc(S)cc1)NCC1CSCCS1. The molecule has 1 aliphatic heterocycles. The number of thiol groups is 1. The van der Waals surface area contributed by atoms with Gasteiger partial charge in [0.05, 0.1) is 6.42 Å². The standard InChI is InChI=1S/C13H17NOS3/c15-13(7-10-1-3-11(16)4-2-10)14-8-12-9-17-5-6-18-12/h1-4,12,16H,5-9H2,(H,14,15). The molecule has 1 aromatic carbocycles. The summed E-state index contributed by atoms with van der Waals surface area (Å²) in [6, 6.07) is 7.74. The van der Waals surface area contributed by atoms with Gasteiger partial charge in [0.25, 0.3) is 0 Å². The predicted octanol–water partition coefficient (Wildman–Crippen LogP) is 2.48. The van der Waals surface area contributed by atoms with E-state index in [1.54, 1.807) is 0 Å². The number of benzene rings is 1. The molecule has 5 heteroatoms. The summed E-state index contributed by atoms with van der Waals surface area (Å²) >= 11 is 8.17. The van der Waals surface area contributed by atoms with Gasteiger partial charge < -0.3 is 5.32 Å². The van der Waals surface area contributed by atoms with Gasteiger partial charge in [-0.05, 0) is 17.7 Å². The van der Waals surface area contributed by atoms with Gasteiger partial charge in [0, 0.05) is 33.9 Å². The van der Waals surface area contributed by atoms with Crippen LogP contribution in [0, 0.1) is 0 Å². The zero-order valence-electron chi connectivity index (χ0n) is 10.1. The molecule has 0 bridgehead atoms. The van der Waals surface area contributed by atoms with Gasteiger partial charge in [0.2, 0.25) is 5.91 Å². The van der Waals surface area contributed by atoms with Gasteiger partial charge in [-0.1, -0.05) is 12.1 Å². The highest BCUT2D eigenvalue weighted by atomic mass is 32.2. The van der Waals surface area contributed by atoms with E-state index in [0.29, 0.717) is 11.7 Å². The Morgan fingerprint density at radius 3 is 2.78 bits per heavy atom. The van der Waals surface area contributed by atoms with E-state index in [-0.39, 0.29) is 5.91 Å². The normalized spacial score (nSPS) is 19.5. The first-order chi connectivity index (χ1) is 8.74. The first-order valence-corrected chi connectivity index (χ1v) is 8.63. The van der Waals surface area contributed by atoms with Gasteiger partial charge in [-0.15, -0.1) is 12.6 Å². The van der Waals surface area contributed by atoms with E-state index in [2.05, 4.69) is 17.9 Å². The minimum absolute atomic E-state index is 0.109. The van der Waals surface area contributed by atoms with E-state index in [1.165, 1.54) is 11.5 Å². The molecule has 1 saturated heterocycles. The fourth-order valence-corrected chi connectivity index (χ4v) is 4.50. The van der Waals surface area contributed by atoms with Crippen LogP contribution in [0.2, 0.25) is 0 Å². The second kappa shape index (κ2) is 7.36. The third-order valence-electron chi connectivity index (χ3n) is 2.71. The number of hydrogen-bond acceptors (Lipinski definition) is 4. The molecule has 1 amide bonds. The molecular weight excluding hydrogens is 282 g/mol. The maximum atomic E-state index is 11.8.